The lowest BCUT2D eigenvalue weighted by Gasteiger charge is -2.30. The molecule has 4 aromatic rings. The smallest absolute Gasteiger partial charge is 0.303 e. The Hall–Kier alpha value is -4.30. The van der Waals surface area contributed by atoms with Gasteiger partial charge in [0.2, 0.25) is 11.9 Å². The molecule has 1 unspecified atom stereocenters. The Morgan fingerprint density at radius 3 is 2.41 bits per heavy atom. The van der Waals surface area contributed by atoms with Crippen LogP contribution in [0.1, 0.15) is 36.3 Å². The standard InChI is InChI=1S/C30H26ClN5O3/c31-21-12-13-25-22(17-21)23(26(37)14-15-27(38)39)18-36(25)30-33-28(20-8-2-1-3-9-20)32-29(34-30)35-16-6-10-19-7-4-5-11-24(19)35/h1-5,7-9,11-13,17,23H,6,10,14-16,18H2,(H,38,39). The minimum absolute atomic E-state index is 0.0535. The molecule has 0 bridgehead atoms. The summed E-state index contributed by atoms with van der Waals surface area (Å²) in [4.78, 5) is 43.0. The molecule has 1 atom stereocenters. The number of carboxylic acid groups (broad SMARTS) is 1. The van der Waals surface area contributed by atoms with Crippen LogP contribution in [0.2, 0.25) is 5.02 Å². The molecule has 0 amide bonds. The van der Waals surface area contributed by atoms with Crippen molar-refractivity contribution in [3.05, 3.63) is 88.9 Å². The van der Waals surface area contributed by atoms with Gasteiger partial charge in [0.25, 0.3) is 0 Å². The van der Waals surface area contributed by atoms with E-state index >= 15 is 0 Å². The van der Waals surface area contributed by atoms with E-state index in [0.29, 0.717) is 29.3 Å². The molecule has 39 heavy (non-hydrogen) atoms. The lowest BCUT2D eigenvalue weighted by atomic mass is 9.94. The Balaban J connectivity index is 1.46. The SMILES string of the molecule is O=C(O)CCC(=O)C1CN(c2nc(-c3ccccc3)nc(N3CCCc4ccccc43)n2)c2ccc(Cl)cc21. The third-order valence-electron chi connectivity index (χ3n) is 7.23. The summed E-state index contributed by atoms with van der Waals surface area (Å²) in [6.45, 7) is 1.07. The number of halogens is 1. The molecule has 1 N–H and O–H groups in total. The summed E-state index contributed by atoms with van der Waals surface area (Å²) in [6, 6.07) is 23.5. The van der Waals surface area contributed by atoms with Gasteiger partial charge in [-0.15, -0.1) is 0 Å². The quantitative estimate of drug-likeness (QED) is 0.308. The Morgan fingerprint density at radius 1 is 0.872 bits per heavy atom. The Labute approximate surface area is 230 Å². The van der Waals surface area contributed by atoms with Gasteiger partial charge in [-0.1, -0.05) is 60.1 Å². The highest BCUT2D eigenvalue weighted by Gasteiger charge is 2.36. The van der Waals surface area contributed by atoms with E-state index < -0.39 is 11.9 Å². The summed E-state index contributed by atoms with van der Waals surface area (Å²) in [7, 11) is 0. The zero-order valence-electron chi connectivity index (χ0n) is 21.1. The van der Waals surface area contributed by atoms with Crippen LogP contribution in [0.3, 0.4) is 0 Å². The van der Waals surface area contributed by atoms with Gasteiger partial charge in [0.05, 0.1) is 12.3 Å². The van der Waals surface area contributed by atoms with E-state index in [0.717, 1.165) is 41.9 Å². The largest absolute Gasteiger partial charge is 0.481 e. The highest BCUT2D eigenvalue weighted by molar-refractivity contribution is 6.30. The van der Waals surface area contributed by atoms with Gasteiger partial charge < -0.3 is 14.9 Å². The number of carboxylic acids is 1. The summed E-state index contributed by atoms with van der Waals surface area (Å²) < 4.78 is 0. The number of carbonyl (C=O) groups excluding carboxylic acids is 1. The van der Waals surface area contributed by atoms with E-state index in [1.165, 1.54) is 5.56 Å². The van der Waals surface area contributed by atoms with Gasteiger partial charge >= 0.3 is 5.97 Å². The Morgan fingerprint density at radius 2 is 1.62 bits per heavy atom. The van der Waals surface area contributed by atoms with E-state index in [4.69, 9.17) is 31.7 Å². The van der Waals surface area contributed by atoms with Gasteiger partial charge in [0, 0.05) is 41.5 Å². The monoisotopic (exact) mass is 539 g/mol. The molecule has 1 aromatic heterocycles. The molecule has 8 nitrogen and oxygen atoms in total. The second kappa shape index (κ2) is 10.5. The van der Waals surface area contributed by atoms with Crippen LogP contribution in [0.15, 0.2) is 72.8 Å². The molecule has 6 rings (SSSR count). The number of benzene rings is 3. The molecule has 0 fully saturated rings. The van der Waals surface area contributed by atoms with Crippen molar-refractivity contribution in [2.45, 2.75) is 31.6 Å². The van der Waals surface area contributed by atoms with Gasteiger partial charge in [-0.25, -0.2) is 0 Å². The van der Waals surface area contributed by atoms with Crippen LogP contribution in [0.5, 0.6) is 0 Å². The molecule has 3 heterocycles. The second-order valence-electron chi connectivity index (χ2n) is 9.74. The third kappa shape index (κ3) is 4.95. The molecule has 9 heteroatoms. The molecular weight excluding hydrogens is 514 g/mol. The van der Waals surface area contributed by atoms with Crippen LogP contribution in [-0.2, 0) is 16.0 Å². The fourth-order valence-corrected chi connectivity index (χ4v) is 5.53. The van der Waals surface area contributed by atoms with Crippen LogP contribution in [-0.4, -0.2) is 44.9 Å². The number of Topliss-reactive ketones (excluding diaryl/α,β-unsaturated/α-hetero) is 1. The number of aromatic nitrogens is 3. The maximum atomic E-state index is 13.1. The molecule has 0 radical (unpaired) electrons. The van der Waals surface area contributed by atoms with Gasteiger partial charge in [0.15, 0.2) is 5.82 Å². The van der Waals surface area contributed by atoms with E-state index in [9.17, 15) is 9.59 Å². The maximum absolute atomic E-state index is 13.1. The second-order valence-corrected chi connectivity index (χ2v) is 10.2. The number of rotatable bonds is 7. The lowest BCUT2D eigenvalue weighted by Crippen LogP contribution is -2.28. The molecular formula is C30H26ClN5O3. The maximum Gasteiger partial charge on any atom is 0.303 e. The van der Waals surface area contributed by atoms with Crippen LogP contribution in [0.25, 0.3) is 11.4 Å². The van der Waals surface area contributed by atoms with Crippen molar-refractivity contribution in [3.63, 3.8) is 0 Å². The van der Waals surface area contributed by atoms with Crippen molar-refractivity contribution in [3.8, 4) is 11.4 Å². The van der Waals surface area contributed by atoms with Crippen LogP contribution >= 0.6 is 11.6 Å². The van der Waals surface area contributed by atoms with Crippen molar-refractivity contribution in [2.75, 3.05) is 22.9 Å². The number of hydrogen-bond acceptors (Lipinski definition) is 7. The van der Waals surface area contributed by atoms with Gasteiger partial charge in [0.1, 0.15) is 5.78 Å². The first-order valence-electron chi connectivity index (χ1n) is 13.0. The highest BCUT2D eigenvalue weighted by atomic mass is 35.5. The average molecular weight is 540 g/mol. The van der Waals surface area contributed by atoms with Crippen molar-refractivity contribution >= 4 is 46.6 Å². The molecule has 196 valence electrons. The van der Waals surface area contributed by atoms with Crippen molar-refractivity contribution in [1.82, 2.24) is 15.0 Å². The average Bonchev–Trinajstić information content (AvgIpc) is 3.34. The van der Waals surface area contributed by atoms with Crippen molar-refractivity contribution < 1.29 is 14.7 Å². The topological polar surface area (TPSA) is 99.5 Å². The number of aryl methyl sites for hydroxylation is 1. The van der Waals surface area contributed by atoms with Crippen LogP contribution in [0, 0.1) is 0 Å². The number of nitrogens with zero attached hydrogens (tertiary/aromatic N) is 5. The first kappa shape index (κ1) is 25.0. The van der Waals surface area contributed by atoms with Crippen LogP contribution in [0.4, 0.5) is 23.3 Å². The fraction of sp³-hybridized carbons (Fsp3) is 0.233. The van der Waals surface area contributed by atoms with E-state index in [-0.39, 0.29) is 18.6 Å². The van der Waals surface area contributed by atoms with Crippen LogP contribution < -0.4 is 9.80 Å². The zero-order chi connectivity index (χ0) is 26.9. The van der Waals surface area contributed by atoms with E-state index in [2.05, 4.69) is 17.0 Å². The van der Waals surface area contributed by atoms with E-state index in [1.807, 2.05) is 53.4 Å². The summed E-state index contributed by atoms with van der Waals surface area (Å²) in [5.74, 6) is -0.169. The number of para-hydroxylation sites is 1. The number of fused-ring (bicyclic) bond motifs is 2. The van der Waals surface area contributed by atoms with Gasteiger partial charge in [-0.2, -0.15) is 15.0 Å². The molecule has 0 saturated carbocycles. The first-order chi connectivity index (χ1) is 19.0. The zero-order valence-corrected chi connectivity index (χ0v) is 21.9. The van der Waals surface area contributed by atoms with Gasteiger partial charge in [-0.05, 0) is 48.2 Å². The Kier molecular flexibility index (Phi) is 6.70. The normalized spacial score (nSPS) is 16.1. The summed E-state index contributed by atoms with van der Waals surface area (Å²) in [5.41, 5.74) is 4.72. The molecule has 0 aliphatic carbocycles. The third-order valence-corrected chi connectivity index (χ3v) is 7.47. The predicted molar refractivity (Wildman–Crippen MR) is 150 cm³/mol. The minimum atomic E-state index is -0.999. The molecule has 0 saturated heterocycles. The highest BCUT2D eigenvalue weighted by Crippen LogP contribution is 2.43. The molecule has 2 aliphatic rings. The number of aliphatic carboxylic acids is 1. The molecule has 0 spiro atoms. The fourth-order valence-electron chi connectivity index (χ4n) is 5.35. The number of hydrogen-bond donors (Lipinski definition) is 1. The lowest BCUT2D eigenvalue weighted by molar-refractivity contribution is -0.138. The van der Waals surface area contributed by atoms with Crippen molar-refractivity contribution in [1.29, 1.82) is 0 Å². The minimum Gasteiger partial charge on any atom is -0.481 e. The summed E-state index contributed by atoms with van der Waals surface area (Å²) >= 11 is 6.32. The molecule has 2 aliphatic heterocycles. The molecule has 3 aromatic carbocycles. The van der Waals surface area contributed by atoms with Crippen molar-refractivity contribution in [2.24, 2.45) is 0 Å². The number of ketones is 1. The first-order valence-corrected chi connectivity index (χ1v) is 13.3. The number of carbonyl (C=O) groups is 2. The number of anilines is 4. The summed E-state index contributed by atoms with van der Waals surface area (Å²) in [5, 5.41) is 9.63. The van der Waals surface area contributed by atoms with Gasteiger partial charge in [-0.3, -0.25) is 9.59 Å². The Bertz CT molecular complexity index is 1560. The van der Waals surface area contributed by atoms with E-state index in [1.54, 1.807) is 12.1 Å². The predicted octanol–water partition coefficient (Wildman–Crippen LogP) is 5.95. The summed E-state index contributed by atoms with van der Waals surface area (Å²) in [6.07, 6.45) is 1.70.